The van der Waals surface area contributed by atoms with Crippen LogP contribution in [-0.4, -0.2) is 64.3 Å². The van der Waals surface area contributed by atoms with E-state index in [-0.39, 0.29) is 30.9 Å². The van der Waals surface area contributed by atoms with Gasteiger partial charge in [0.25, 0.3) is 0 Å². The number of carbonyl (C=O) groups is 3. The third-order valence-corrected chi connectivity index (χ3v) is 8.87. The number of likely N-dealkylation sites (tertiary alicyclic amines) is 1. The van der Waals surface area contributed by atoms with E-state index in [1.807, 2.05) is 63.2 Å². The maximum Gasteiger partial charge on any atom is 0.312 e. The van der Waals surface area contributed by atoms with E-state index in [1.54, 1.807) is 6.92 Å². The average molecular weight is 509 g/mol. The van der Waals surface area contributed by atoms with Crippen LogP contribution in [0.25, 0.3) is 10.8 Å². The number of hydrogen-bond donors (Lipinski definition) is 2. The highest BCUT2D eigenvalue weighted by atomic mass is 16.6. The molecule has 2 aromatic rings. The molecular weight excluding hydrogens is 472 g/mol. The monoisotopic (exact) mass is 508 g/mol. The molecule has 3 aliphatic rings. The summed E-state index contributed by atoms with van der Waals surface area (Å²) in [6, 6.07) is 12.0. The van der Waals surface area contributed by atoms with Crippen LogP contribution >= 0.6 is 0 Å². The molecule has 2 unspecified atom stereocenters. The number of nitrogens with one attached hydrogen (secondary N) is 1. The summed E-state index contributed by atoms with van der Waals surface area (Å²) >= 11 is 0. The predicted molar refractivity (Wildman–Crippen MR) is 139 cm³/mol. The maximum absolute atomic E-state index is 14.1. The number of anilines is 1. The van der Waals surface area contributed by atoms with Gasteiger partial charge in [0.15, 0.2) is 0 Å². The third kappa shape index (κ3) is 3.84. The van der Waals surface area contributed by atoms with E-state index in [1.165, 1.54) is 4.90 Å². The molecule has 2 bridgehead atoms. The zero-order valence-electron chi connectivity index (χ0n) is 21.9. The molecule has 3 heterocycles. The number of ether oxygens (including phenoxy) is 2. The fourth-order valence-corrected chi connectivity index (χ4v) is 6.90. The number of aliphatic hydroxyl groups excluding tert-OH is 1. The Hall–Kier alpha value is -2.97. The summed E-state index contributed by atoms with van der Waals surface area (Å²) in [5, 5.41) is 15.5. The Morgan fingerprint density at radius 3 is 2.59 bits per heavy atom. The third-order valence-electron chi connectivity index (χ3n) is 8.87. The zero-order chi connectivity index (χ0) is 26.5. The Bertz CT molecular complexity index is 1230. The second-order valence-corrected chi connectivity index (χ2v) is 10.9. The van der Waals surface area contributed by atoms with Crippen molar-refractivity contribution in [1.29, 1.82) is 0 Å². The molecule has 7 atom stereocenters. The highest BCUT2D eigenvalue weighted by molar-refractivity contribution is 6.04. The van der Waals surface area contributed by atoms with Gasteiger partial charge in [-0.3, -0.25) is 14.4 Å². The first-order chi connectivity index (χ1) is 17.7. The van der Waals surface area contributed by atoms with Crippen LogP contribution in [0.2, 0.25) is 0 Å². The minimum absolute atomic E-state index is 0.0611. The largest absolute Gasteiger partial charge is 0.466 e. The van der Waals surface area contributed by atoms with Crippen LogP contribution in [0.1, 0.15) is 47.0 Å². The van der Waals surface area contributed by atoms with Crippen molar-refractivity contribution >= 4 is 34.2 Å². The normalized spacial score (nSPS) is 31.9. The molecule has 0 radical (unpaired) electrons. The SMILES string of the molecule is CCOC(=O)[C@@H]1[C@H]2C(=O)N([C@@H](CO)[C@@H](C)CC)C(C(=O)Nc3ccc4ccccc4c3)C23CC[C@@]1(C)O3. The number of esters is 1. The Morgan fingerprint density at radius 2 is 1.92 bits per heavy atom. The lowest BCUT2D eigenvalue weighted by molar-refractivity contribution is -0.160. The summed E-state index contributed by atoms with van der Waals surface area (Å²) in [4.78, 5) is 42.9. The summed E-state index contributed by atoms with van der Waals surface area (Å²) in [5.74, 6) is -2.86. The van der Waals surface area contributed by atoms with Crippen molar-refractivity contribution in [3.63, 3.8) is 0 Å². The van der Waals surface area contributed by atoms with Crippen molar-refractivity contribution in [2.75, 3.05) is 18.5 Å². The Morgan fingerprint density at radius 1 is 1.19 bits per heavy atom. The number of fused-ring (bicyclic) bond motifs is 2. The number of carbonyl (C=O) groups excluding carboxylic acids is 3. The molecule has 0 aliphatic carbocycles. The molecule has 3 fully saturated rings. The number of nitrogens with zero attached hydrogens (tertiary/aromatic N) is 1. The first-order valence-corrected chi connectivity index (χ1v) is 13.3. The second-order valence-electron chi connectivity index (χ2n) is 10.9. The lowest BCUT2D eigenvalue weighted by atomic mass is 9.66. The van der Waals surface area contributed by atoms with Gasteiger partial charge in [-0.15, -0.1) is 0 Å². The molecule has 198 valence electrons. The lowest BCUT2D eigenvalue weighted by Crippen LogP contribution is -2.57. The maximum atomic E-state index is 14.1. The lowest BCUT2D eigenvalue weighted by Gasteiger charge is -2.39. The number of aliphatic hydroxyl groups is 1. The van der Waals surface area contributed by atoms with Gasteiger partial charge < -0.3 is 24.8 Å². The molecule has 3 aliphatic heterocycles. The van der Waals surface area contributed by atoms with Crippen LogP contribution in [0.15, 0.2) is 42.5 Å². The predicted octanol–water partition coefficient (Wildman–Crippen LogP) is 3.51. The topological polar surface area (TPSA) is 105 Å². The average Bonchev–Trinajstić information content (AvgIpc) is 3.45. The van der Waals surface area contributed by atoms with E-state index in [0.29, 0.717) is 24.9 Å². The van der Waals surface area contributed by atoms with E-state index in [2.05, 4.69) is 5.32 Å². The smallest absolute Gasteiger partial charge is 0.312 e. The zero-order valence-corrected chi connectivity index (χ0v) is 21.9. The quantitative estimate of drug-likeness (QED) is 0.529. The molecular formula is C29H36N2O6. The molecule has 37 heavy (non-hydrogen) atoms. The van der Waals surface area contributed by atoms with Crippen molar-refractivity contribution < 1.29 is 29.0 Å². The van der Waals surface area contributed by atoms with Crippen LogP contribution < -0.4 is 5.32 Å². The minimum atomic E-state index is -1.16. The van der Waals surface area contributed by atoms with Gasteiger partial charge in [-0.05, 0) is 55.5 Å². The standard InChI is InChI=1S/C29H36N2O6/c1-5-17(3)21(16-32)31-24(25(33)30-20-12-11-18-9-7-8-10-19(18)15-20)29-14-13-28(4,37-29)23(22(29)26(31)34)27(35)36-6-2/h7-12,15,17,21-24,32H,5-6,13-14,16H2,1-4H3,(H,30,33)/t17-,21-,22-,23-,24?,28+,29?/m0/s1. The molecule has 2 N–H and O–H groups in total. The first kappa shape index (κ1) is 25.7. The second kappa shape index (κ2) is 9.40. The fourth-order valence-electron chi connectivity index (χ4n) is 6.90. The Balaban J connectivity index is 1.57. The summed E-state index contributed by atoms with van der Waals surface area (Å²) in [6.07, 6.45) is 1.73. The molecule has 2 amide bonds. The van der Waals surface area contributed by atoms with Gasteiger partial charge in [-0.1, -0.05) is 50.6 Å². The van der Waals surface area contributed by atoms with Crippen molar-refractivity contribution in [3.8, 4) is 0 Å². The van der Waals surface area contributed by atoms with E-state index in [9.17, 15) is 19.5 Å². The number of benzene rings is 2. The molecule has 0 aromatic heterocycles. The van der Waals surface area contributed by atoms with Gasteiger partial charge in [0.05, 0.1) is 30.8 Å². The highest BCUT2D eigenvalue weighted by Crippen LogP contribution is 2.63. The molecule has 8 heteroatoms. The number of hydrogen-bond acceptors (Lipinski definition) is 6. The summed E-state index contributed by atoms with van der Waals surface area (Å²) in [5.41, 5.74) is -1.43. The van der Waals surface area contributed by atoms with Crippen LogP contribution in [0.3, 0.4) is 0 Å². The van der Waals surface area contributed by atoms with Crippen LogP contribution in [0, 0.1) is 17.8 Å². The van der Waals surface area contributed by atoms with E-state index >= 15 is 0 Å². The van der Waals surface area contributed by atoms with Gasteiger partial charge >= 0.3 is 5.97 Å². The van der Waals surface area contributed by atoms with Gasteiger partial charge in [0.2, 0.25) is 11.8 Å². The van der Waals surface area contributed by atoms with Crippen LogP contribution in [-0.2, 0) is 23.9 Å². The fraction of sp³-hybridized carbons (Fsp3) is 0.552. The van der Waals surface area contributed by atoms with Gasteiger partial charge in [-0.2, -0.15) is 0 Å². The van der Waals surface area contributed by atoms with Crippen molar-refractivity contribution in [2.24, 2.45) is 17.8 Å². The number of amides is 2. The van der Waals surface area contributed by atoms with Gasteiger partial charge in [-0.25, -0.2) is 0 Å². The van der Waals surface area contributed by atoms with Gasteiger partial charge in [0, 0.05) is 5.69 Å². The van der Waals surface area contributed by atoms with Gasteiger partial charge in [0.1, 0.15) is 17.6 Å². The van der Waals surface area contributed by atoms with E-state index in [4.69, 9.17) is 9.47 Å². The minimum Gasteiger partial charge on any atom is -0.466 e. The molecule has 8 nitrogen and oxygen atoms in total. The first-order valence-electron chi connectivity index (χ1n) is 13.3. The van der Waals surface area contributed by atoms with Crippen LogP contribution in [0.5, 0.6) is 0 Å². The molecule has 3 saturated heterocycles. The summed E-state index contributed by atoms with van der Waals surface area (Å²) in [7, 11) is 0. The molecule has 2 aromatic carbocycles. The number of rotatable bonds is 8. The van der Waals surface area contributed by atoms with Crippen molar-refractivity contribution in [3.05, 3.63) is 42.5 Å². The Labute approximate surface area is 217 Å². The highest BCUT2D eigenvalue weighted by Gasteiger charge is 2.78. The summed E-state index contributed by atoms with van der Waals surface area (Å²) in [6.45, 7) is 7.43. The molecule has 5 rings (SSSR count). The molecule has 1 spiro atoms. The summed E-state index contributed by atoms with van der Waals surface area (Å²) < 4.78 is 12.0. The molecule has 0 saturated carbocycles. The van der Waals surface area contributed by atoms with E-state index < -0.39 is 41.1 Å². The van der Waals surface area contributed by atoms with Crippen LogP contribution in [0.4, 0.5) is 5.69 Å². The van der Waals surface area contributed by atoms with E-state index in [0.717, 1.165) is 10.8 Å². The van der Waals surface area contributed by atoms with Crippen molar-refractivity contribution in [2.45, 2.75) is 70.2 Å². The van der Waals surface area contributed by atoms with Crippen molar-refractivity contribution in [1.82, 2.24) is 4.90 Å². The Kier molecular flexibility index (Phi) is 6.52.